The Kier molecular flexibility index (Phi) is 4.92. The Hall–Kier alpha value is -1.80. The maximum Gasteiger partial charge on any atom is 0.125 e. The summed E-state index contributed by atoms with van der Waals surface area (Å²) in [5.41, 5.74) is 10.8. The molecular weight excluding hydrogens is 308 g/mol. The van der Waals surface area contributed by atoms with Crippen molar-refractivity contribution in [2.24, 2.45) is 0 Å². The molecule has 0 radical (unpaired) electrons. The third kappa shape index (κ3) is 3.32. The first-order chi connectivity index (χ1) is 11.8. The van der Waals surface area contributed by atoms with Crippen LogP contribution in [0, 0.1) is 41.5 Å². The maximum atomic E-state index is 6.18. The highest BCUT2D eigenvalue weighted by Gasteiger charge is 2.26. The van der Waals surface area contributed by atoms with Crippen LogP contribution in [0.4, 0.5) is 0 Å². The summed E-state index contributed by atoms with van der Waals surface area (Å²) >= 11 is 0. The van der Waals surface area contributed by atoms with Crippen molar-refractivity contribution in [1.82, 2.24) is 0 Å². The van der Waals surface area contributed by atoms with Crippen LogP contribution in [0.15, 0.2) is 18.2 Å². The Balaban J connectivity index is 2.09. The molecule has 134 valence electrons. The van der Waals surface area contributed by atoms with E-state index in [1.807, 2.05) is 0 Å². The van der Waals surface area contributed by atoms with Crippen molar-refractivity contribution in [2.45, 2.75) is 60.5 Å². The number of aryl methyl sites for hydroxylation is 1. The summed E-state index contributed by atoms with van der Waals surface area (Å²) in [6, 6.07) is 6.62. The summed E-state index contributed by atoms with van der Waals surface area (Å²) in [6.07, 6.45) is 0.278. The molecular formula is C23H30O2. The van der Waals surface area contributed by atoms with E-state index >= 15 is 0 Å². The zero-order valence-corrected chi connectivity index (χ0v) is 16.6. The molecule has 2 aromatic carbocycles. The highest BCUT2D eigenvalue weighted by Crippen LogP contribution is 2.40. The number of rotatable bonds is 5. The lowest BCUT2D eigenvalue weighted by atomic mass is 9.81. The Morgan fingerprint density at radius 2 is 1.64 bits per heavy atom. The molecule has 0 aromatic heterocycles. The topological polar surface area (TPSA) is 21.8 Å². The minimum Gasteiger partial charge on any atom is -0.490 e. The second kappa shape index (κ2) is 6.84. The quantitative estimate of drug-likeness (QED) is 0.675. The van der Waals surface area contributed by atoms with E-state index in [-0.39, 0.29) is 6.10 Å². The molecule has 0 amide bonds. The van der Waals surface area contributed by atoms with Crippen LogP contribution in [-0.2, 0) is 4.74 Å². The first kappa shape index (κ1) is 18.0. The van der Waals surface area contributed by atoms with E-state index in [0.29, 0.717) is 12.5 Å². The second-order valence-electron chi connectivity index (χ2n) is 7.52. The molecule has 1 heterocycles. The van der Waals surface area contributed by atoms with Gasteiger partial charge in [-0.1, -0.05) is 25.1 Å². The van der Waals surface area contributed by atoms with E-state index in [4.69, 9.17) is 9.47 Å². The van der Waals surface area contributed by atoms with Crippen molar-refractivity contribution in [3.8, 4) is 5.75 Å². The van der Waals surface area contributed by atoms with Crippen molar-refractivity contribution in [2.75, 3.05) is 13.2 Å². The fourth-order valence-electron chi connectivity index (χ4n) is 3.94. The van der Waals surface area contributed by atoms with Gasteiger partial charge in [0.1, 0.15) is 18.5 Å². The van der Waals surface area contributed by atoms with Gasteiger partial charge >= 0.3 is 0 Å². The van der Waals surface area contributed by atoms with Gasteiger partial charge in [-0.05, 0) is 86.1 Å². The van der Waals surface area contributed by atoms with Gasteiger partial charge in [-0.3, -0.25) is 0 Å². The summed E-state index contributed by atoms with van der Waals surface area (Å²) in [7, 11) is 0. The molecule has 0 spiro atoms. The molecule has 0 saturated carbocycles. The van der Waals surface area contributed by atoms with E-state index < -0.39 is 0 Å². The molecule has 2 aromatic rings. The number of hydrogen-bond donors (Lipinski definition) is 0. The van der Waals surface area contributed by atoms with Crippen molar-refractivity contribution in [3.63, 3.8) is 0 Å². The zero-order chi connectivity index (χ0) is 18.3. The molecule has 25 heavy (non-hydrogen) atoms. The molecule has 1 aliphatic heterocycles. The third-order valence-electron chi connectivity index (χ3n) is 5.98. The van der Waals surface area contributed by atoms with E-state index in [2.05, 4.69) is 66.7 Å². The van der Waals surface area contributed by atoms with Crippen molar-refractivity contribution in [3.05, 3.63) is 62.7 Å². The Bertz CT molecular complexity index is 800. The smallest absolute Gasteiger partial charge is 0.125 e. The average Bonchev–Trinajstić information content (AvgIpc) is 3.39. The number of hydrogen-bond acceptors (Lipinski definition) is 2. The van der Waals surface area contributed by atoms with Crippen LogP contribution in [0.5, 0.6) is 5.75 Å². The molecule has 2 nitrogen and oxygen atoms in total. The fraction of sp³-hybridized carbons (Fsp3) is 0.478. The van der Waals surface area contributed by atoms with Crippen LogP contribution in [0.2, 0.25) is 0 Å². The van der Waals surface area contributed by atoms with Gasteiger partial charge in [-0.25, -0.2) is 0 Å². The highest BCUT2D eigenvalue weighted by molar-refractivity contribution is 5.57. The van der Waals surface area contributed by atoms with Crippen LogP contribution in [0.25, 0.3) is 0 Å². The molecule has 0 N–H and O–H groups in total. The number of ether oxygens (including phenoxy) is 2. The van der Waals surface area contributed by atoms with Crippen molar-refractivity contribution < 1.29 is 9.47 Å². The molecule has 2 heteroatoms. The molecule has 1 fully saturated rings. The molecule has 0 aliphatic carbocycles. The van der Waals surface area contributed by atoms with E-state index in [0.717, 1.165) is 12.4 Å². The van der Waals surface area contributed by atoms with Gasteiger partial charge in [0.15, 0.2) is 0 Å². The standard InChI is InChI=1S/C23H30O2/c1-13-9-8-10-21(14(13)2)18(6)22-16(4)15(3)17(5)23(19(22)7)25-12-20-11-24-20/h8-10,18,20H,11-12H2,1-7H3. The second-order valence-corrected chi connectivity index (χ2v) is 7.52. The largest absolute Gasteiger partial charge is 0.490 e. The lowest BCUT2D eigenvalue weighted by Gasteiger charge is -2.26. The lowest BCUT2D eigenvalue weighted by Crippen LogP contribution is -2.12. The molecule has 2 atom stereocenters. The number of benzene rings is 2. The molecule has 0 bridgehead atoms. The minimum atomic E-state index is 0.278. The zero-order valence-electron chi connectivity index (χ0n) is 16.6. The molecule has 3 rings (SSSR count). The third-order valence-corrected chi connectivity index (χ3v) is 5.98. The Morgan fingerprint density at radius 1 is 0.960 bits per heavy atom. The predicted octanol–water partition coefficient (Wildman–Crippen LogP) is 5.47. The van der Waals surface area contributed by atoms with Crippen molar-refractivity contribution >= 4 is 0 Å². The first-order valence-electron chi connectivity index (χ1n) is 9.23. The monoisotopic (exact) mass is 338 g/mol. The van der Waals surface area contributed by atoms with E-state index in [9.17, 15) is 0 Å². The summed E-state index contributed by atoms with van der Waals surface area (Å²) in [4.78, 5) is 0. The predicted molar refractivity (Wildman–Crippen MR) is 104 cm³/mol. The summed E-state index contributed by atoms with van der Waals surface area (Å²) < 4.78 is 11.5. The van der Waals surface area contributed by atoms with Gasteiger partial charge in [0.05, 0.1) is 6.61 Å². The van der Waals surface area contributed by atoms with Crippen LogP contribution in [-0.4, -0.2) is 19.3 Å². The van der Waals surface area contributed by atoms with Gasteiger partial charge in [0.25, 0.3) is 0 Å². The van der Waals surface area contributed by atoms with Gasteiger partial charge in [-0.2, -0.15) is 0 Å². The summed E-state index contributed by atoms with van der Waals surface area (Å²) in [6.45, 7) is 17.1. The SMILES string of the molecule is Cc1cccc(C(C)c2c(C)c(C)c(C)c(OCC3CO3)c2C)c1C. The van der Waals surface area contributed by atoms with Gasteiger partial charge < -0.3 is 9.47 Å². The van der Waals surface area contributed by atoms with Crippen LogP contribution < -0.4 is 4.74 Å². The Morgan fingerprint density at radius 3 is 2.28 bits per heavy atom. The van der Waals surface area contributed by atoms with Crippen molar-refractivity contribution in [1.29, 1.82) is 0 Å². The fourth-order valence-corrected chi connectivity index (χ4v) is 3.94. The normalized spacial score (nSPS) is 17.5. The molecule has 2 unspecified atom stereocenters. The summed E-state index contributed by atoms with van der Waals surface area (Å²) in [5.74, 6) is 1.39. The van der Waals surface area contributed by atoms with Gasteiger partial charge in [0.2, 0.25) is 0 Å². The lowest BCUT2D eigenvalue weighted by molar-refractivity contribution is 0.260. The van der Waals surface area contributed by atoms with E-state index in [1.165, 1.54) is 44.5 Å². The highest BCUT2D eigenvalue weighted by atomic mass is 16.6. The molecule has 1 aliphatic rings. The Labute approximate surface area is 152 Å². The van der Waals surface area contributed by atoms with E-state index in [1.54, 1.807) is 0 Å². The summed E-state index contributed by atoms with van der Waals surface area (Å²) in [5, 5.41) is 0. The van der Waals surface area contributed by atoms with Gasteiger partial charge in [-0.15, -0.1) is 0 Å². The van der Waals surface area contributed by atoms with Crippen LogP contribution >= 0.6 is 0 Å². The minimum absolute atomic E-state index is 0.278. The molecule has 1 saturated heterocycles. The average molecular weight is 338 g/mol. The van der Waals surface area contributed by atoms with Crippen LogP contribution in [0.1, 0.15) is 57.3 Å². The van der Waals surface area contributed by atoms with Crippen LogP contribution in [0.3, 0.4) is 0 Å². The first-order valence-corrected chi connectivity index (χ1v) is 9.23. The number of epoxide rings is 1. The van der Waals surface area contributed by atoms with Gasteiger partial charge in [0, 0.05) is 5.92 Å². The maximum absolute atomic E-state index is 6.18.